The second kappa shape index (κ2) is 8.85. The van der Waals surface area contributed by atoms with Crippen LogP contribution in [0.25, 0.3) is 11.0 Å². The van der Waals surface area contributed by atoms with Gasteiger partial charge in [0.25, 0.3) is 0 Å². The molecule has 0 bridgehead atoms. The molecule has 2 aromatic carbocycles. The molecule has 1 amide bonds. The predicted octanol–water partition coefficient (Wildman–Crippen LogP) is 3.47. The van der Waals surface area contributed by atoms with E-state index in [-0.39, 0.29) is 4.90 Å². The monoisotopic (exact) mass is 434 g/mol. The fourth-order valence-corrected chi connectivity index (χ4v) is 4.10. The van der Waals surface area contributed by atoms with Gasteiger partial charge < -0.3 is 14.5 Å². The van der Waals surface area contributed by atoms with Gasteiger partial charge in [0.05, 0.1) is 24.1 Å². The highest BCUT2D eigenvalue weighted by Crippen LogP contribution is 2.31. The van der Waals surface area contributed by atoms with E-state index in [4.69, 9.17) is 9.15 Å². The van der Waals surface area contributed by atoms with Gasteiger partial charge in [0, 0.05) is 12.4 Å². The molecule has 0 saturated heterocycles. The van der Waals surface area contributed by atoms with Crippen molar-refractivity contribution in [2.45, 2.75) is 24.8 Å². The molecule has 0 aliphatic carbocycles. The van der Waals surface area contributed by atoms with Gasteiger partial charge in [0.2, 0.25) is 15.9 Å². The molecule has 1 unspecified atom stereocenters. The molecule has 1 heterocycles. The number of nitrogens with one attached hydrogen (secondary N) is 1. The molecule has 0 aliphatic heterocycles. The van der Waals surface area contributed by atoms with Crippen molar-refractivity contribution in [2.24, 2.45) is 0 Å². The number of benzene rings is 2. The number of rotatable bonds is 8. The van der Waals surface area contributed by atoms with Gasteiger partial charge in [0.15, 0.2) is 11.3 Å². The fraction of sp³-hybridized carbons (Fsp3) is 0.286. The van der Waals surface area contributed by atoms with Crippen molar-refractivity contribution in [1.29, 1.82) is 0 Å². The number of halogens is 1. The molecule has 30 heavy (non-hydrogen) atoms. The van der Waals surface area contributed by atoms with Gasteiger partial charge in [0.1, 0.15) is 11.6 Å². The minimum absolute atomic E-state index is 0.0898. The minimum Gasteiger partial charge on any atom is -0.490 e. The molecular weight excluding hydrogens is 411 g/mol. The van der Waals surface area contributed by atoms with Crippen LogP contribution >= 0.6 is 0 Å². The summed E-state index contributed by atoms with van der Waals surface area (Å²) in [6.45, 7) is 3.72. The smallest absolute Gasteiger partial charge is 0.243 e. The van der Waals surface area contributed by atoms with Gasteiger partial charge >= 0.3 is 0 Å². The Hall–Kier alpha value is -2.91. The average molecular weight is 434 g/mol. The normalized spacial score (nSPS) is 12.8. The topological polar surface area (TPSA) is 88.9 Å². The van der Waals surface area contributed by atoms with Gasteiger partial charge in [-0.05, 0) is 50.2 Å². The van der Waals surface area contributed by atoms with Crippen LogP contribution in [0, 0.1) is 5.82 Å². The van der Waals surface area contributed by atoms with Crippen molar-refractivity contribution < 1.29 is 26.8 Å². The fourth-order valence-electron chi connectivity index (χ4n) is 2.97. The van der Waals surface area contributed by atoms with Crippen LogP contribution in [-0.2, 0) is 14.8 Å². The average Bonchev–Trinajstić information content (AvgIpc) is 3.14. The van der Waals surface area contributed by atoms with E-state index >= 15 is 0 Å². The number of hydrogen-bond donors (Lipinski definition) is 1. The Kier molecular flexibility index (Phi) is 6.42. The van der Waals surface area contributed by atoms with Crippen molar-refractivity contribution in [3.05, 3.63) is 60.1 Å². The molecule has 0 radical (unpaired) electrons. The summed E-state index contributed by atoms with van der Waals surface area (Å²) in [5.41, 5.74) is 0.589. The number of para-hydroxylation sites is 1. The third-order valence-electron chi connectivity index (χ3n) is 4.52. The number of nitrogens with zero attached hydrogens (tertiary/aromatic N) is 1. The molecule has 0 fully saturated rings. The number of furan rings is 1. The first-order chi connectivity index (χ1) is 14.2. The third-order valence-corrected chi connectivity index (χ3v) is 6.34. The number of hydrogen-bond acceptors (Lipinski definition) is 5. The Bertz CT molecular complexity index is 1140. The van der Waals surface area contributed by atoms with Crippen LogP contribution in [0.2, 0.25) is 0 Å². The minimum atomic E-state index is -3.92. The highest BCUT2D eigenvalue weighted by atomic mass is 32.2. The predicted molar refractivity (Wildman–Crippen MR) is 110 cm³/mol. The second-order valence-corrected chi connectivity index (χ2v) is 8.81. The number of carbonyl (C=O) groups is 1. The van der Waals surface area contributed by atoms with E-state index < -0.39 is 34.3 Å². The second-order valence-electron chi connectivity index (χ2n) is 6.76. The van der Waals surface area contributed by atoms with Crippen molar-refractivity contribution in [3.8, 4) is 5.75 Å². The molecular formula is C21H23FN2O5S. The maximum Gasteiger partial charge on any atom is 0.243 e. The van der Waals surface area contributed by atoms with E-state index in [1.807, 2.05) is 25.1 Å². The zero-order valence-electron chi connectivity index (χ0n) is 16.9. The molecule has 3 aromatic rings. The Labute approximate surface area is 174 Å². The van der Waals surface area contributed by atoms with Crippen LogP contribution in [0.3, 0.4) is 0 Å². The number of carbonyl (C=O) groups excluding carboxylic acids is 1. The van der Waals surface area contributed by atoms with E-state index in [0.717, 1.165) is 34.0 Å². The molecule has 7 nitrogen and oxygen atoms in total. The number of ether oxygens (including phenoxy) is 1. The van der Waals surface area contributed by atoms with Crippen molar-refractivity contribution in [3.63, 3.8) is 0 Å². The largest absolute Gasteiger partial charge is 0.490 e. The molecule has 0 saturated carbocycles. The summed E-state index contributed by atoms with van der Waals surface area (Å²) >= 11 is 0. The van der Waals surface area contributed by atoms with Gasteiger partial charge in [-0.1, -0.05) is 12.1 Å². The van der Waals surface area contributed by atoms with Crippen LogP contribution in [0.5, 0.6) is 5.75 Å². The molecule has 0 aliphatic rings. The molecule has 160 valence electrons. The molecule has 1 atom stereocenters. The van der Waals surface area contributed by atoms with E-state index in [1.54, 1.807) is 13.0 Å². The standard InChI is InChI=1S/C21H23FN2O5S/c1-4-28-18-7-5-6-15-12-19(29-21(15)18)14(2)23-20(25)13-24(3)30(26,27)17-10-8-16(22)9-11-17/h5-12,14H,4,13H2,1-3H3,(H,23,25). The lowest BCUT2D eigenvalue weighted by Gasteiger charge is -2.18. The van der Waals surface area contributed by atoms with Crippen LogP contribution in [0.4, 0.5) is 4.39 Å². The van der Waals surface area contributed by atoms with Gasteiger partial charge in [-0.3, -0.25) is 4.79 Å². The maximum absolute atomic E-state index is 13.0. The molecule has 1 aromatic heterocycles. The SMILES string of the molecule is CCOc1cccc2cc(C(C)NC(=O)CN(C)S(=O)(=O)c3ccc(F)cc3)oc12. The van der Waals surface area contributed by atoms with Crippen molar-refractivity contribution in [2.75, 3.05) is 20.2 Å². The summed E-state index contributed by atoms with van der Waals surface area (Å²) < 4.78 is 50.5. The highest BCUT2D eigenvalue weighted by molar-refractivity contribution is 7.89. The number of fused-ring (bicyclic) bond motifs is 1. The number of sulfonamides is 1. The Morgan fingerprint density at radius 3 is 2.60 bits per heavy atom. The summed E-state index contributed by atoms with van der Waals surface area (Å²) in [7, 11) is -2.63. The maximum atomic E-state index is 13.0. The first kappa shape index (κ1) is 21.8. The van der Waals surface area contributed by atoms with E-state index in [9.17, 15) is 17.6 Å². The Morgan fingerprint density at radius 2 is 1.93 bits per heavy atom. The van der Waals surface area contributed by atoms with Crippen molar-refractivity contribution in [1.82, 2.24) is 9.62 Å². The van der Waals surface area contributed by atoms with E-state index in [1.165, 1.54) is 7.05 Å². The third kappa shape index (κ3) is 4.63. The summed E-state index contributed by atoms with van der Waals surface area (Å²) in [4.78, 5) is 12.3. The lowest BCUT2D eigenvalue weighted by molar-refractivity contribution is -0.121. The number of likely N-dealkylation sites (N-methyl/N-ethyl adjacent to an activating group) is 1. The summed E-state index contributed by atoms with van der Waals surface area (Å²) in [5, 5.41) is 3.57. The van der Waals surface area contributed by atoms with Crippen LogP contribution < -0.4 is 10.1 Å². The van der Waals surface area contributed by atoms with Gasteiger partial charge in [-0.15, -0.1) is 0 Å². The first-order valence-electron chi connectivity index (χ1n) is 9.39. The molecule has 1 N–H and O–H groups in total. The van der Waals surface area contributed by atoms with Crippen LogP contribution in [0.1, 0.15) is 25.6 Å². The highest BCUT2D eigenvalue weighted by Gasteiger charge is 2.24. The van der Waals surface area contributed by atoms with E-state index in [2.05, 4.69) is 5.32 Å². The summed E-state index contributed by atoms with van der Waals surface area (Å²) in [6, 6.07) is 11.3. The lowest BCUT2D eigenvalue weighted by Crippen LogP contribution is -2.39. The van der Waals surface area contributed by atoms with Gasteiger partial charge in [-0.2, -0.15) is 4.31 Å². The summed E-state index contributed by atoms with van der Waals surface area (Å²) in [5.74, 6) is 0.0992. The Morgan fingerprint density at radius 1 is 1.23 bits per heavy atom. The van der Waals surface area contributed by atoms with Crippen molar-refractivity contribution >= 4 is 26.9 Å². The quantitative estimate of drug-likeness (QED) is 0.587. The Balaban J connectivity index is 1.69. The number of amides is 1. The zero-order valence-corrected chi connectivity index (χ0v) is 17.7. The van der Waals surface area contributed by atoms with Crippen LogP contribution in [0.15, 0.2) is 57.8 Å². The lowest BCUT2D eigenvalue weighted by atomic mass is 10.2. The summed E-state index contributed by atoms with van der Waals surface area (Å²) in [6.07, 6.45) is 0. The first-order valence-corrected chi connectivity index (χ1v) is 10.8. The van der Waals surface area contributed by atoms with Crippen LogP contribution in [-0.4, -0.2) is 38.8 Å². The van der Waals surface area contributed by atoms with E-state index in [0.29, 0.717) is 23.7 Å². The van der Waals surface area contributed by atoms with Gasteiger partial charge in [-0.25, -0.2) is 12.8 Å². The molecule has 0 spiro atoms. The molecule has 3 rings (SSSR count). The molecule has 9 heteroatoms. The zero-order chi connectivity index (χ0) is 21.9.